The summed E-state index contributed by atoms with van der Waals surface area (Å²) < 4.78 is 15.8. The number of thiophene rings is 1. The fourth-order valence-corrected chi connectivity index (χ4v) is 9.87. The Balaban J connectivity index is 1.30. The first kappa shape index (κ1) is 30.2. The summed E-state index contributed by atoms with van der Waals surface area (Å²) in [6, 6.07) is 49.3. The Labute approximate surface area is 293 Å². The fraction of sp³-hybridized carbons (Fsp3) is 0.217. The Kier molecular flexibility index (Phi) is 7.36. The van der Waals surface area contributed by atoms with Crippen LogP contribution in [0, 0.1) is 0 Å². The molecule has 0 aliphatic carbocycles. The van der Waals surface area contributed by atoms with E-state index in [-0.39, 0.29) is 10.8 Å². The van der Waals surface area contributed by atoms with Crippen molar-refractivity contribution in [2.45, 2.75) is 63.2 Å². The lowest BCUT2D eigenvalue weighted by molar-refractivity contribution is 0.400. The predicted octanol–water partition coefficient (Wildman–Crippen LogP) is 13.3. The van der Waals surface area contributed by atoms with Gasteiger partial charge in [-0.1, -0.05) is 124 Å². The van der Waals surface area contributed by atoms with Crippen molar-refractivity contribution in [1.29, 1.82) is 0 Å². The zero-order valence-electron chi connectivity index (χ0n) is 28.2. The SMILES string of the molecule is CCCCC1(c2ccc3sc4ccc(C5(CCCC)c6ccccc6Oc6ccccc65)cc4c3c2)c2ccccc2Oc2ccccc21. The highest BCUT2D eigenvalue weighted by Gasteiger charge is 2.45. The third-order valence-electron chi connectivity index (χ3n) is 11.1. The van der Waals surface area contributed by atoms with Gasteiger partial charge in [-0.3, -0.25) is 0 Å². The summed E-state index contributed by atoms with van der Waals surface area (Å²) in [4.78, 5) is 0. The fourth-order valence-electron chi connectivity index (χ4n) is 8.80. The number of ether oxygens (including phenoxy) is 2. The van der Waals surface area contributed by atoms with E-state index in [2.05, 4.69) is 147 Å². The van der Waals surface area contributed by atoms with Crippen LogP contribution < -0.4 is 9.47 Å². The molecule has 9 rings (SSSR count). The molecule has 242 valence electrons. The molecule has 49 heavy (non-hydrogen) atoms. The van der Waals surface area contributed by atoms with Gasteiger partial charge < -0.3 is 9.47 Å². The van der Waals surface area contributed by atoms with Crippen molar-refractivity contribution in [3.05, 3.63) is 167 Å². The molecule has 2 nitrogen and oxygen atoms in total. The zero-order chi connectivity index (χ0) is 33.0. The number of hydrogen-bond acceptors (Lipinski definition) is 3. The first-order chi connectivity index (χ1) is 24.2. The molecule has 6 aromatic carbocycles. The number of benzene rings is 6. The Morgan fingerprint density at radius 3 is 1.14 bits per heavy atom. The maximum atomic E-state index is 6.55. The van der Waals surface area contributed by atoms with E-state index in [1.807, 2.05) is 11.3 Å². The summed E-state index contributed by atoms with van der Waals surface area (Å²) in [6.07, 6.45) is 6.55. The highest BCUT2D eigenvalue weighted by atomic mass is 32.1. The highest BCUT2D eigenvalue weighted by Crippen LogP contribution is 2.57. The van der Waals surface area contributed by atoms with E-state index in [1.54, 1.807) is 0 Å². The van der Waals surface area contributed by atoms with E-state index in [1.165, 1.54) is 53.6 Å². The van der Waals surface area contributed by atoms with Gasteiger partial charge in [0.05, 0.1) is 10.8 Å². The lowest BCUT2D eigenvalue weighted by atomic mass is 9.64. The molecule has 0 unspecified atom stereocenters. The van der Waals surface area contributed by atoms with Gasteiger partial charge in [-0.15, -0.1) is 11.3 Å². The number of fused-ring (bicyclic) bond motifs is 7. The summed E-state index contributed by atoms with van der Waals surface area (Å²) in [5.74, 6) is 3.85. The van der Waals surface area contributed by atoms with Gasteiger partial charge in [0.2, 0.25) is 0 Å². The number of hydrogen-bond donors (Lipinski definition) is 0. The van der Waals surface area contributed by atoms with E-state index in [9.17, 15) is 0 Å². The molecule has 0 saturated carbocycles. The molecule has 0 spiro atoms. The van der Waals surface area contributed by atoms with Gasteiger partial charge in [0.15, 0.2) is 0 Å². The second-order valence-corrected chi connectivity index (χ2v) is 14.8. The first-order valence-corrected chi connectivity index (χ1v) is 18.7. The number of unbranched alkanes of at least 4 members (excludes halogenated alkanes) is 2. The van der Waals surface area contributed by atoms with Crippen molar-refractivity contribution >= 4 is 31.5 Å². The highest BCUT2D eigenvalue weighted by molar-refractivity contribution is 7.25. The van der Waals surface area contributed by atoms with Crippen molar-refractivity contribution in [2.24, 2.45) is 0 Å². The average Bonchev–Trinajstić information content (AvgIpc) is 3.52. The molecule has 0 saturated heterocycles. The second-order valence-electron chi connectivity index (χ2n) is 13.7. The smallest absolute Gasteiger partial charge is 0.131 e. The predicted molar refractivity (Wildman–Crippen MR) is 204 cm³/mol. The maximum absolute atomic E-state index is 6.55. The maximum Gasteiger partial charge on any atom is 0.131 e. The van der Waals surface area contributed by atoms with Crippen LogP contribution in [0.5, 0.6) is 23.0 Å². The number of rotatable bonds is 8. The van der Waals surface area contributed by atoms with Crippen molar-refractivity contribution < 1.29 is 9.47 Å². The van der Waals surface area contributed by atoms with Crippen LogP contribution in [0.3, 0.4) is 0 Å². The van der Waals surface area contributed by atoms with Crippen LogP contribution in [0.1, 0.15) is 85.8 Å². The topological polar surface area (TPSA) is 18.5 Å². The van der Waals surface area contributed by atoms with E-state index < -0.39 is 0 Å². The lowest BCUT2D eigenvalue weighted by Crippen LogP contribution is -2.33. The van der Waals surface area contributed by atoms with Gasteiger partial charge in [-0.25, -0.2) is 0 Å². The monoisotopic (exact) mass is 656 g/mol. The van der Waals surface area contributed by atoms with Crippen molar-refractivity contribution in [3.63, 3.8) is 0 Å². The third kappa shape index (κ3) is 4.52. The van der Waals surface area contributed by atoms with Crippen LogP contribution in [0.4, 0.5) is 0 Å². The minimum atomic E-state index is -0.303. The zero-order valence-corrected chi connectivity index (χ0v) is 29.0. The van der Waals surface area contributed by atoms with Crippen molar-refractivity contribution in [3.8, 4) is 23.0 Å². The van der Waals surface area contributed by atoms with E-state index in [4.69, 9.17) is 9.47 Å². The molecule has 3 heterocycles. The molecule has 0 fully saturated rings. The molecular weight excluding hydrogens is 617 g/mol. The van der Waals surface area contributed by atoms with Gasteiger partial charge >= 0.3 is 0 Å². The Morgan fingerprint density at radius 1 is 0.449 bits per heavy atom. The molecule has 0 bridgehead atoms. The molecule has 0 amide bonds. The number of para-hydroxylation sites is 4. The minimum Gasteiger partial charge on any atom is -0.457 e. The molecule has 3 heteroatoms. The summed E-state index contributed by atoms with van der Waals surface area (Å²) in [7, 11) is 0. The standard InChI is InChI=1S/C46H40O2S/c1-3-5-27-45(35-15-7-11-19-39(35)47-40-20-12-8-16-36(40)45)31-23-25-43-33(29-31)34-30-32(24-26-44(34)49-43)46(28-6-4-2)37-17-9-13-21-41(37)48-42-22-14-10-18-38(42)46/h7-26,29-30H,3-6,27-28H2,1-2H3. The normalized spacial score (nSPS) is 15.1. The van der Waals surface area contributed by atoms with E-state index in [0.717, 1.165) is 61.5 Å². The lowest BCUT2D eigenvalue weighted by Gasteiger charge is -2.41. The van der Waals surface area contributed by atoms with Crippen LogP contribution in [0.2, 0.25) is 0 Å². The summed E-state index contributed by atoms with van der Waals surface area (Å²) in [5, 5.41) is 2.66. The molecule has 0 atom stereocenters. The molecule has 1 aromatic heterocycles. The molecule has 2 aliphatic rings. The van der Waals surface area contributed by atoms with Gasteiger partial charge in [0.25, 0.3) is 0 Å². The third-order valence-corrected chi connectivity index (χ3v) is 12.2. The van der Waals surface area contributed by atoms with Crippen LogP contribution in [0.25, 0.3) is 20.2 Å². The van der Waals surface area contributed by atoms with E-state index in [0.29, 0.717) is 0 Å². The van der Waals surface area contributed by atoms with Gasteiger partial charge in [0, 0.05) is 42.4 Å². The molecule has 0 N–H and O–H groups in total. The minimum absolute atomic E-state index is 0.303. The first-order valence-electron chi connectivity index (χ1n) is 17.9. The average molecular weight is 657 g/mol. The van der Waals surface area contributed by atoms with Gasteiger partial charge in [0.1, 0.15) is 23.0 Å². The Hall–Kier alpha value is -4.86. The second kappa shape index (κ2) is 11.9. The van der Waals surface area contributed by atoms with Gasteiger partial charge in [-0.05, 0) is 72.5 Å². The van der Waals surface area contributed by atoms with Crippen molar-refractivity contribution in [1.82, 2.24) is 0 Å². The Bertz CT molecular complexity index is 2090. The quantitative estimate of drug-likeness (QED) is 0.162. The van der Waals surface area contributed by atoms with Crippen LogP contribution in [0.15, 0.2) is 133 Å². The summed E-state index contributed by atoms with van der Waals surface area (Å²) in [6.45, 7) is 4.59. The summed E-state index contributed by atoms with van der Waals surface area (Å²) in [5.41, 5.74) is 7.11. The summed E-state index contributed by atoms with van der Waals surface area (Å²) >= 11 is 1.90. The van der Waals surface area contributed by atoms with Gasteiger partial charge in [-0.2, -0.15) is 0 Å². The molecular formula is C46H40O2S. The van der Waals surface area contributed by atoms with Crippen LogP contribution in [-0.4, -0.2) is 0 Å². The molecule has 0 radical (unpaired) electrons. The Morgan fingerprint density at radius 2 is 0.796 bits per heavy atom. The van der Waals surface area contributed by atoms with Crippen LogP contribution in [-0.2, 0) is 10.8 Å². The largest absolute Gasteiger partial charge is 0.457 e. The molecule has 7 aromatic rings. The van der Waals surface area contributed by atoms with E-state index >= 15 is 0 Å². The molecule has 2 aliphatic heterocycles. The van der Waals surface area contributed by atoms with Crippen molar-refractivity contribution in [2.75, 3.05) is 0 Å². The van der Waals surface area contributed by atoms with Crippen LogP contribution >= 0.6 is 11.3 Å².